The predicted octanol–water partition coefficient (Wildman–Crippen LogP) is 4.43. The van der Waals surface area contributed by atoms with Gasteiger partial charge in [-0.2, -0.15) is 18.3 Å². The third-order valence-electron chi connectivity index (χ3n) is 5.62. The number of piperidine rings is 1. The first kappa shape index (κ1) is 20.3. The van der Waals surface area contributed by atoms with Crippen LogP contribution >= 0.6 is 11.9 Å². The summed E-state index contributed by atoms with van der Waals surface area (Å²) >= 11 is 1.73. The minimum atomic E-state index is -4.36. The number of carbonyl (C=O) groups excluding carboxylic acids is 1. The fourth-order valence-corrected chi connectivity index (χ4v) is 5.02. The Labute approximate surface area is 171 Å². The van der Waals surface area contributed by atoms with Crippen molar-refractivity contribution in [2.75, 3.05) is 18.8 Å². The third kappa shape index (κ3) is 4.02. The van der Waals surface area contributed by atoms with Gasteiger partial charge in [0.1, 0.15) is 0 Å². The molecule has 3 heterocycles. The molecule has 29 heavy (non-hydrogen) atoms. The Morgan fingerprint density at radius 2 is 1.97 bits per heavy atom. The smallest absolute Gasteiger partial charge is 0.337 e. The van der Waals surface area contributed by atoms with Crippen LogP contribution in [0.5, 0.6) is 0 Å². The molecule has 4 rings (SSSR count). The van der Waals surface area contributed by atoms with Crippen molar-refractivity contribution in [3.63, 3.8) is 0 Å². The molecule has 1 aromatic heterocycles. The van der Waals surface area contributed by atoms with Gasteiger partial charge in [-0.3, -0.25) is 9.89 Å². The Kier molecular flexibility index (Phi) is 5.61. The predicted molar refractivity (Wildman–Crippen MR) is 105 cm³/mol. The highest BCUT2D eigenvalue weighted by molar-refractivity contribution is 7.96. The van der Waals surface area contributed by atoms with E-state index in [0.29, 0.717) is 43.7 Å². The van der Waals surface area contributed by atoms with Crippen LogP contribution in [0.4, 0.5) is 13.2 Å². The molecule has 1 amide bonds. The van der Waals surface area contributed by atoms with E-state index in [2.05, 4.69) is 21.4 Å². The summed E-state index contributed by atoms with van der Waals surface area (Å²) in [6.45, 7) is 4.38. The quantitative estimate of drug-likeness (QED) is 0.738. The monoisotopic (exact) mass is 424 g/mol. The van der Waals surface area contributed by atoms with Crippen molar-refractivity contribution in [3.05, 3.63) is 52.3 Å². The fraction of sp³-hybridized carbons (Fsp3) is 0.500. The molecule has 1 saturated heterocycles. The number of carbonyl (C=O) groups is 1. The van der Waals surface area contributed by atoms with Gasteiger partial charge in [0, 0.05) is 31.0 Å². The number of likely N-dealkylation sites (tertiary alicyclic amines) is 1. The van der Waals surface area contributed by atoms with E-state index in [0.717, 1.165) is 29.6 Å². The summed E-state index contributed by atoms with van der Waals surface area (Å²) in [7, 11) is 0. The largest absolute Gasteiger partial charge is 0.416 e. The molecular formula is C20H23F3N4OS. The Morgan fingerprint density at radius 1 is 1.24 bits per heavy atom. The van der Waals surface area contributed by atoms with Gasteiger partial charge in [-0.1, -0.05) is 37.1 Å². The molecule has 0 radical (unpaired) electrons. The number of hydrogen-bond donors (Lipinski definition) is 1. The number of hydrogen-bond acceptors (Lipinski definition) is 4. The van der Waals surface area contributed by atoms with Gasteiger partial charge in [-0.25, -0.2) is 4.31 Å². The SMILES string of the molecule is CCSN1Cc2[nH]nc(C(=O)N3CCC(c4ccccc4C(F)(F)F)CC3)c2C1. The third-order valence-corrected chi connectivity index (χ3v) is 6.51. The van der Waals surface area contributed by atoms with Crippen LogP contribution in [-0.2, 0) is 19.3 Å². The van der Waals surface area contributed by atoms with E-state index >= 15 is 0 Å². The van der Waals surface area contributed by atoms with Crippen LogP contribution in [0.3, 0.4) is 0 Å². The summed E-state index contributed by atoms with van der Waals surface area (Å²) in [4.78, 5) is 14.7. The highest BCUT2D eigenvalue weighted by Crippen LogP contribution is 2.39. The molecule has 1 fully saturated rings. The number of aromatic amines is 1. The van der Waals surface area contributed by atoms with Gasteiger partial charge in [0.25, 0.3) is 5.91 Å². The lowest BCUT2D eigenvalue weighted by molar-refractivity contribution is -0.138. The van der Waals surface area contributed by atoms with Crippen molar-refractivity contribution >= 4 is 17.9 Å². The highest BCUT2D eigenvalue weighted by Gasteiger charge is 2.37. The van der Waals surface area contributed by atoms with Gasteiger partial charge in [-0.15, -0.1) is 0 Å². The molecule has 0 unspecified atom stereocenters. The number of benzene rings is 1. The Hall–Kier alpha value is -2.00. The fourth-order valence-electron chi connectivity index (χ4n) is 4.22. The van der Waals surface area contributed by atoms with E-state index < -0.39 is 11.7 Å². The summed E-state index contributed by atoms with van der Waals surface area (Å²) in [6.07, 6.45) is -3.33. The summed E-state index contributed by atoms with van der Waals surface area (Å²) < 4.78 is 42.2. The van der Waals surface area contributed by atoms with E-state index in [1.807, 2.05) is 0 Å². The molecule has 0 spiro atoms. The molecule has 0 aliphatic carbocycles. The zero-order chi connectivity index (χ0) is 20.6. The van der Waals surface area contributed by atoms with Crippen LogP contribution in [0, 0.1) is 0 Å². The minimum absolute atomic E-state index is 0.131. The lowest BCUT2D eigenvalue weighted by Gasteiger charge is -2.33. The Bertz CT molecular complexity index is 890. The molecule has 156 valence electrons. The van der Waals surface area contributed by atoms with E-state index in [1.54, 1.807) is 29.0 Å². The first-order valence-corrected chi connectivity index (χ1v) is 10.7. The van der Waals surface area contributed by atoms with Gasteiger partial charge < -0.3 is 4.90 Å². The second kappa shape index (κ2) is 8.02. The Balaban J connectivity index is 1.44. The van der Waals surface area contributed by atoms with Crippen molar-refractivity contribution in [1.29, 1.82) is 0 Å². The van der Waals surface area contributed by atoms with E-state index in [1.165, 1.54) is 6.07 Å². The number of amides is 1. The standard InChI is InChI=1S/C20H23F3N4OS/c1-2-29-27-11-15-17(12-27)24-25-18(15)19(28)26-9-7-13(8-10-26)14-5-3-4-6-16(14)20(21,22)23/h3-6,13H,2,7-12H2,1H3,(H,24,25). The van der Waals surface area contributed by atoms with Crippen molar-refractivity contribution in [2.24, 2.45) is 0 Å². The zero-order valence-electron chi connectivity index (χ0n) is 16.1. The number of fused-ring (bicyclic) bond motifs is 1. The molecule has 1 aromatic carbocycles. The summed E-state index contributed by atoms with van der Waals surface area (Å²) in [6, 6.07) is 5.77. The van der Waals surface area contributed by atoms with Crippen LogP contribution in [-0.4, -0.2) is 44.2 Å². The van der Waals surface area contributed by atoms with Gasteiger partial charge in [0.15, 0.2) is 5.69 Å². The van der Waals surface area contributed by atoms with Crippen molar-refractivity contribution in [1.82, 2.24) is 19.4 Å². The molecule has 0 saturated carbocycles. The average Bonchev–Trinajstić information content (AvgIpc) is 3.27. The number of rotatable bonds is 4. The number of alkyl halides is 3. The van der Waals surface area contributed by atoms with Crippen molar-refractivity contribution in [2.45, 2.75) is 44.9 Å². The second-order valence-corrected chi connectivity index (χ2v) is 8.75. The lowest BCUT2D eigenvalue weighted by Crippen LogP contribution is -2.38. The molecular weight excluding hydrogens is 401 g/mol. The number of aromatic nitrogens is 2. The number of H-pyrrole nitrogens is 1. The van der Waals surface area contributed by atoms with Crippen LogP contribution in [0.15, 0.2) is 24.3 Å². The maximum atomic E-state index is 13.3. The van der Waals surface area contributed by atoms with E-state index in [-0.39, 0.29) is 11.8 Å². The maximum absolute atomic E-state index is 13.3. The summed E-state index contributed by atoms with van der Waals surface area (Å²) in [5.74, 6) is 0.639. The van der Waals surface area contributed by atoms with E-state index in [4.69, 9.17) is 0 Å². The molecule has 0 bridgehead atoms. The minimum Gasteiger partial charge on any atom is -0.337 e. The van der Waals surface area contributed by atoms with Gasteiger partial charge >= 0.3 is 6.18 Å². The molecule has 2 aliphatic rings. The molecule has 2 aromatic rings. The highest BCUT2D eigenvalue weighted by atomic mass is 32.2. The van der Waals surface area contributed by atoms with Crippen molar-refractivity contribution in [3.8, 4) is 0 Å². The maximum Gasteiger partial charge on any atom is 0.416 e. The van der Waals surface area contributed by atoms with Crippen LogP contribution < -0.4 is 0 Å². The molecule has 5 nitrogen and oxygen atoms in total. The van der Waals surface area contributed by atoms with Crippen LogP contribution in [0.2, 0.25) is 0 Å². The molecule has 1 N–H and O–H groups in total. The van der Waals surface area contributed by atoms with Gasteiger partial charge in [-0.05, 0) is 30.4 Å². The zero-order valence-corrected chi connectivity index (χ0v) is 16.9. The summed E-state index contributed by atoms with van der Waals surface area (Å²) in [5.41, 5.74) is 2.14. The summed E-state index contributed by atoms with van der Waals surface area (Å²) in [5, 5.41) is 7.21. The van der Waals surface area contributed by atoms with E-state index in [9.17, 15) is 18.0 Å². The van der Waals surface area contributed by atoms with Crippen LogP contribution in [0.25, 0.3) is 0 Å². The Morgan fingerprint density at radius 3 is 2.66 bits per heavy atom. The number of nitrogens with one attached hydrogen (secondary N) is 1. The topological polar surface area (TPSA) is 52.2 Å². The lowest BCUT2D eigenvalue weighted by atomic mass is 9.86. The first-order chi connectivity index (χ1) is 13.9. The number of halogens is 3. The molecule has 2 aliphatic heterocycles. The number of nitrogens with zero attached hydrogens (tertiary/aromatic N) is 3. The first-order valence-electron chi connectivity index (χ1n) is 9.77. The normalized spacial score (nSPS) is 18.3. The second-order valence-electron chi connectivity index (χ2n) is 7.40. The molecule has 0 atom stereocenters. The van der Waals surface area contributed by atoms with Gasteiger partial charge in [0.2, 0.25) is 0 Å². The van der Waals surface area contributed by atoms with Gasteiger partial charge in [0.05, 0.1) is 17.8 Å². The van der Waals surface area contributed by atoms with Crippen LogP contribution in [0.1, 0.15) is 58.6 Å². The van der Waals surface area contributed by atoms with Crippen molar-refractivity contribution < 1.29 is 18.0 Å². The average molecular weight is 424 g/mol. The molecule has 9 heteroatoms.